The van der Waals surface area contributed by atoms with Crippen LogP contribution < -0.4 is 10.6 Å². The summed E-state index contributed by atoms with van der Waals surface area (Å²) in [6.07, 6.45) is 4.76. The molecule has 3 heteroatoms. The van der Waals surface area contributed by atoms with Crippen molar-refractivity contribution in [3.05, 3.63) is 0 Å². The summed E-state index contributed by atoms with van der Waals surface area (Å²) in [5, 5.41) is 15.9. The highest BCUT2D eigenvalue weighted by Crippen LogP contribution is 2.10. The molecule has 14 heavy (non-hydrogen) atoms. The van der Waals surface area contributed by atoms with Crippen molar-refractivity contribution in [1.29, 1.82) is 0 Å². The summed E-state index contributed by atoms with van der Waals surface area (Å²) in [4.78, 5) is 0. The smallest absolute Gasteiger partial charge is 0.0448 e. The first kappa shape index (κ1) is 12.0. The van der Waals surface area contributed by atoms with E-state index in [4.69, 9.17) is 5.11 Å². The summed E-state index contributed by atoms with van der Waals surface area (Å²) >= 11 is 0. The predicted octanol–water partition coefficient (Wildman–Crippen LogP) is 0.879. The van der Waals surface area contributed by atoms with Gasteiger partial charge in [0.2, 0.25) is 0 Å². The van der Waals surface area contributed by atoms with E-state index in [1.807, 2.05) is 0 Å². The van der Waals surface area contributed by atoms with E-state index in [2.05, 4.69) is 24.5 Å². The Hall–Kier alpha value is -0.120. The van der Waals surface area contributed by atoms with Crippen molar-refractivity contribution >= 4 is 0 Å². The van der Waals surface area contributed by atoms with Crippen molar-refractivity contribution in [3.8, 4) is 0 Å². The maximum absolute atomic E-state index is 8.88. The van der Waals surface area contributed by atoms with Crippen LogP contribution in [-0.4, -0.2) is 36.4 Å². The molecular formula is C11H24N2O. The highest BCUT2D eigenvalue weighted by molar-refractivity contribution is 4.82. The lowest BCUT2D eigenvalue weighted by atomic mass is 9.99. The first-order valence-electron chi connectivity index (χ1n) is 5.73. The Morgan fingerprint density at radius 3 is 2.79 bits per heavy atom. The van der Waals surface area contributed by atoms with Gasteiger partial charge in [-0.3, -0.25) is 0 Å². The molecule has 0 aromatic heterocycles. The lowest BCUT2D eigenvalue weighted by Crippen LogP contribution is -2.49. The molecule has 1 aliphatic rings. The molecule has 1 rings (SSSR count). The molecule has 1 saturated heterocycles. The zero-order valence-corrected chi connectivity index (χ0v) is 9.47. The topological polar surface area (TPSA) is 44.3 Å². The normalized spacial score (nSPS) is 23.8. The number of nitrogens with one attached hydrogen (secondary N) is 2. The lowest BCUT2D eigenvalue weighted by Gasteiger charge is -2.30. The van der Waals surface area contributed by atoms with Gasteiger partial charge in [-0.2, -0.15) is 0 Å². The van der Waals surface area contributed by atoms with E-state index in [1.54, 1.807) is 0 Å². The first-order valence-corrected chi connectivity index (χ1v) is 5.73. The van der Waals surface area contributed by atoms with Gasteiger partial charge in [0.1, 0.15) is 0 Å². The molecule has 0 radical (unpaired) electrons. The summed E-state index contributed by atoms with van der Waals surface area (Å²) in [6, 6.07) is 0.627. The van der Waals surface area contributed by atoms with Crippen molar-refractivity contribution in [2.24, 2.45) is 0 Å². The zero-order valence-electron chi connectivity index (χ0n) is 9.47. The maximum Gasteiger partial charge on any atom is 0.0448 e. The van der Waals surface area contributed by atoms with Gasteiger partial charge in [-0.25, -0.2) is 0 Å². The van der Waals surface area contributed by atoms with Gasteiger partial charge in [-0.1, -0.05) is 6.42 Å². The Morgan fingerprint density at radius 1 is 1.43 bits per heavy atom. The third-order valence-electron chi connectivity index (χ3n) is 2.98. The van der Waals surface area contributed by atoms with Crippen LogP contribution in [0.3, 0.4) is 0 Å². The highest BCUT2D eigenvalue weighted by atomic mass is 16.3. The standard InChI is InChI=1S/C11H24N2O/c1-11(2,6-8-14)13-9-10-5-3-4-7-12-10/h10,12-14H,3-9H2,1-2H3. The van der Waals surface area contributed by atoms with Crippen LogP contribution in [-0.2, 0) is 0 Å². The molecule has 3 N–H and O–H groups in total. The van der Waals surface area contributed by atoms with Crippen LogP contribution in [0.2, 0.25) is 0 Å². The zero-order chi connectivity index (χ0) is 10.4. The molecule has 0 aliphatic carbocycles. The van der Waals surface area contributed by atoms with Crippen molar-refractivity contribution in [3.63, 3.8) is 0 Å². The van der Waals surface area contributed by atoms with Gasteiger partial charge < -0.3 is 15.7 Å². The third kappa shape index (κ3) is 4.40. The van der Waals surface area contributed by atoms with Crippen molar-refractivity contribution in [2.45, 2.75) is 51.1 Å². The Bertz CT molecular complexity index is 153. The molecule has 0 bridgehead atoms. The summed E-state index contributed by atoms with van der Waals surface area (Å²) < 4.78 is 0. The molecule has 1 fully saturated rings. The van der Waals surface area contributed by atoms with E-state index in [9.17, 15) is 0 Å². The van der Waals surface area contributed by atoms with Crippen LogP contribution in [0, 0.1) is 0 Å². The minimum Gasteiger partial charge on any atom is -0.396 e. The maximum atomic E-state index is 8.88. The Balaban J connectivity index is 2.17. The van der Waals surface area contributed by atoms with E-state index in [1.165, 1.54) is 19.3 Å². The molecule has 84 valence electrons. The van der Waals surface area contributed by atoms with Crippen molar-refractivity contribution in [1.82, 2.24) is 10.6 Å². The molecule has 0 amide bonds. The quantitative estimate of drug-likeness (QED) is 0.617. The minimum absolute atomic E-state index is 0.0634. The van der Waals surface area contributed by atoms with E-state index >= 15 is 0 Å². The van der Waals surface area contributed by atoms with Gasteiger partial charge in [-0.05, 0) is 39.7 Å². The number of aliphatic hydroxyl groups excluding tert-OH is 1. The molecule has 0 spiro atoms. The molecule has 3 nitrogen and oxygen atoms in total. The van der Waals surface area contributed by atoms with Crippen LogP contribution in [0.5, 0.6) is 0 Å². The Kier molecular flexibility index (Phi) is 4.85. The molecule has 1 aliphatic heterocycles. The van der Waals surface area contributed by atoms with E-state index in [0.29, 0.717) is 6.04 Å². The number of hydrogen-bond donors (Lipinski definition) is 3. The fourth-order valence-corrected chi connectivity index (χ4v) is 1.87. The molecule has 0 saturated carbocycles. The van der Waals surface area contributed by atoms with Crippen LogP contribution in [0.25, 0.3) is 0 Å². The first-order chi connectivity index (χ1) is 6.64. The average molecular weight is 200 g/mol. The molecule has 1 atom stereocenters. The average Bonchev–Trinajstić information content (AvgIpc) is 2.17. The fraction of sp³-hybridized carbons (Fsp3) is 1.00. The number of rotatable bonds is 5. The molecule has 1 heterocycles. The third-order valence-corrected chi connectivity index (χ3v) is 2.98. The summed E-state index contributed by atoms with van der Waals surface area (Å²) in [7, 11) is 0. The number of piperidine rings is 1. The summed E-state index contributed by atoms with van der Waals surface area (Å²) in [5.74, 6) is 0. The van der Waals surface area contributed by atoms with Crippen LogP contribution in [0.4, 0.5) is 0 Å². The van der Waals surface area contributed by atoms with Crippen molar-refractivity contribution < 1.29 is 5.11 Å². The van der Waals surface area contributed by atoms with Gasteiger partial charge in [0.25, 0.3) is 0 Å². The lowest BCUT2D eigenvalue weighted by molar-refractivity contribution is 0.224. The van der Waals surface area contributed by atoms with Crippen LogP contribution in [0.1, 0.15) is 39.5 Å². The van der Waals surface area contributed by atoms with E-state index in [-0.39, 0.29) is 12.1 Å². The molecular weight excluding hydrogens is 176 g/mol. The van der Waals surface area contributed by atoms with Crippen LogP contribution in [0.15, 0.2) is 0 Å². The highest BCUT2D eigenvalue weighted by Gasteiger charge is 2.19. The minimum atomic E-state index is 0.0634. The Morgan fingerprint density at radius 2 is 2.21 bits per heavy atom. The van der Waals surface area contributed by atoms with Gasteiger partial charge in [0.15, 0.2) is 0 Å². The summed E-state index contributed by atoms with van der Waals surface area (Å²) in [6.45, 7) is 6.73. The number of hydrogen-bond acceptors (Lipinski definition) is 3. The second-order valence-corrected chi connectivity index (χ2v) is 4.89. The number of aliphatic hydroxyl groups is 1. The molecule has 1 unspecified atom stereocenters. The van der Waals surface area contributed by atoms with Crippen LogP contribution >= 0.6 is 0 Å². The van der Waals surface area contributed by atoms with E-state index < -0.39 is 0 Å². The summed E-state index contributed by atoms with van der Waals surface area (Å²) in [5.41, 5.74) is 0.0634. The second kappa shape index (κ2) is 5.69. The van der Waals surface area contributed by atoms with Gasteiger partial charge in [0.05, 0.1) is 0 Å². The molecule has 0 aromatic rings. The SMILES string of the molecule is CC(C)(CCO)NCC1CCCCN1. The van der Waals surface area contributed by atoms with Gasteiger partial charge in [0, 0.05) is 24.7 Å². The Labute approximate surface area is 87.3 Å². The van der Waals surface area contributed by atoms with Gasteiger partial charge in [-0.15, -0.1) is 0 Å². The van der Waals surface area contributed by atoms with Crippen molar-refractivity contribution in [2.75, 3.05) is 19.7 Å². The monoisotopic (exact) mass is 200 g/mol. The van der Waals surface area contributed by atoms with Gasteiger partial charge >= 0.3 is 0 Å². The van der Waals surface area contributed by atoms with E-state index in [0.717, 1.165) is 19.5 Å². The largest absolute Gasteiger partial charge is 0.396 e. The molecule has 0 aromatic carbocycles. The fourth-order valence-electron chi connectivity index (χ4n) is 1.87. The second-order valence-electron chi connectivity index (χ2n) is 4.89. The predicted molar refractivity (Wildman–Crippen MR) is 59.4 cm³/mol.